The first-order valence-electron chi connectivity index (χ1n) is 9.96. The molecule has 0 spiro atoms. The summed E-state index contributed by atoms with van der Waals surface area (Å²) in [6, 6.07) is 7.54. The first kappa shape index (κ1) is 22.9. The molecule has 0 aliphatic carbocycles. The quantitative estimate of drug-likeness (QED) is 0.231. The minimum absolute atomic E-state index is 0.0408. The number of hydrogen-bond acceptors (Lipinski definition) is 5. The van der Waals surface area contributed by atoms with Crippen LogP contribution in [0.2, 0.25) is 0 Å². The monoisotopic (exact) mass is 531 g/mol. The first-order valence-corrected chi connectivity index (χ1v) is 11.5. The summed E-state index contributed by atoms with van der Waals surface area (Å²) in [5.41, 5.74) is 1.39. The molecule has 0 saturated heterocycles. The molecule has 33 heavy (non-hydrogen) atoms. The molecule has 7 nitrogen and oxygen atoms in total. The molecular weight excluding hydrogens is 513 g/mol. The molecule has 170 valence electrons. The van der Waals surface area contributed by atoms with Crippen LogP contribution in [0, 0.1) is 5.82 Å². The second kappa shape index (κ2) is 9.32. The Labute approximate surface area is 200 Å². The van der Waals surface area contributed by atoms with Crippen LogP contribution in [-0.4, -0.2) is 40.9 Å². The number of nitrogens with zero attached hydrogens (tertiary/aromatic N) is 3. The van der Waals surface area contributed by atoms with Gasteiger partial charge in [-0.15, -0.1) is 0 Å². The number of aryl methyl sites for hydroxylation is 1. The van der Waals surface area contributed by atoms with Crippen LogP contribution < -0.4 is 0 Å². The molecule has 0 amide bonds. The number of carbonyl (C=O) groups is 1. The van der Waals surface area contributed by atoms with E-state index in [1.54, 1.807) is 54.0 Å². The van der Waals surface area contributed by atoms with Gasteiger partial charge in [-0.3, -0.25) is 0 Å². The number of ether oxygens (including phenoxy) is 1. The highest BCUT2D eigenvalue weighted by molar-refractivity contribution is 9.10. The van der Waals surface area contributed by atoms with Crippen molar-refractivity contribution in [1.82, 2.24) is 14.1 Å². The number of fused-ring (bicyclic) bond motifs is 1. The van der Waals surface area contributed by atoms with Crippen LogP contribution in [0.4, 0.5) is 4.39 Å². The Morgan fingerprint density at radius 2 is 2.09 bits per heavy atom. The van der Waals surface area contributed by atoms with Crippen molar-refractivity contribution in [3.05, 3.63) is 81.7 Å². The van der Waals surface area contributed by atoms with E-state index < -0.39 is 11.8 Å². The Morgan fingerprint density at radius 3 is 2.73 bits per heavy atom. The Bertz CT molecular complexity index is 1430. The maximum atomic E-state index is 14.7. The SMILES string of the molecule is CCOC(=O)c1c(C(=S=O)c2ccccc2F)n(C)c2cc(Br)c(O)c(Cn3ccnc3)c12. The largest absolute Gasteiger partial charge is 0.506 e. The van der Waals surface area contributed by atoms with Crippen LogP contribution in [0.3, 0.4) is 0 Å². The van der Waals surface area contributed by atoms with Gasteiger partial charge >= 0.3 is 5.97 Å². The van der Waals surface area contributed by atoms with Gasteiger partial charge in [0.15, 0.2) is 0 Å². The maximum Gasteiger partial charge on any atom is 0.341 e. The molecule has 4 aromatic rings. The Kier molecular flexibility index (Phi) is 6.48. The van der Waals surface area contributed by atoms with Crippen molar-refractivity contribution < 1.29 is 23.2 Å². The molecule has 10 heteroatoms. The number of imidazole rings is 1. The summed E-state index contributed by atoms with van der Waals surface area (Å²) in [6.07, 6.45) is 4.92. The lowest BCUT2D eigenvalue weighted by Gasteiger charge is -2.12. The zero-order valence-electron chi connectivity index (χ0n) is 17.7. The van der Waals surface area contributed by atoms with Gasteiger partial charge in [0.2, 0.25) is 0 Å². The van der Waals surface area contributed by atoms with Crippen LogP contribution in [-0.2, 0) is 29.6 Å². The molecule has 2 aromatic heterocycles. The Morgan fingerprint density at radius 1 is 1.33 bits per heavy atom. The van der Waals surface area contributed by atoms with Crippen molar-refractivity contribution in [3.8, 4) is 5.75 Å². The van der Waals surface area contributed by atoms with E-state index in [-0.39, 0.29) is 51.8 Å². The molecule has 0 aliphatic rings. The standard InChI is InChI=1S/C23H19BrFN3O4S/c1-3-32-23(30)19-18-14(11-28-9-8-26-12-28)21(29)15(24)10-17(18)27(2)20(19)22(33-31)13-6-4-5-7-16(13)25/h4-10,12,29H,3,11H2,1-2H3. The van der Waals surface area contributed by atoms with Gasteiger partial charge < -0.3 is 19.0 Å². The zero-order chi connectivity index (χ0) is 23.7. The third-order valence-corrected chi connectivity index (χ3v) is 6.50. The van der Waals surface area contributed by atoms with Crippen molar-refractivity contribution in [2.45, 2.75) is 13.5 Å². The van der Waals surface area contributed by atoms with E-state index in [9.17, 15) is 18.5 Å². The molecule has 0 fully saturated rings. The van der Waals surface area contributed by atoms with Crippen LogP contribution >= 0.6 is 15.9 Å². The van der Waals surface area contributed by atoms with E-state index in [0.29, 0.717) is 20.9 Å². The molecule has 1 N–H and O–H groups in total. The average molecular weight is 532 g/mol. The van der Waals surface area contributed by atoms with Gasteiger partial charge in [-0.05, 0) is 35.0 Å². The first-order chi connectivity index (χ1) is 15.9. The Balaban J connectivity index is 2.12. The van der Waals surface area contributed by atoms with Gasteiger partial charge in [0, 0.05) is 36.0 Å². The number of rotatable bonds is 6. The lowest BCUT2D eigenvalue weighted by Crippen LogP contribution is -2.16. The maximum absolute atomic E-state index is 14.7. The molecule has 2 heterocycles. The normalized spacial score (nSPS) is 11.0. The van der Waals surface area contributed by atoms with Crippen molar-refractivity contribution in [2.75, 3.05) is 6.61 Å². The summed E-state index contributed by atoms with van der Waals surface area (Å²) in [4.78, 5) is 17.3. The lowest BCUT2D eigenvalue weighted by atomic mass is 10.00. The number of carbonyl (C=O) groups excluding carboxylic acids is 1. The van der Waals surface area contributed by atoms with Crippen molar-refractivity contribution >= 4 is 48.9 Å². The third-order valence-electron chi connectivity index (χ3n) is 5.31. The van der Waals surface area contributed by atoms with Gasteiger partial charge in [0.25, 0.3) is 0 Å². The zero-order valence-corrected chi connectivity index (χ0v) is 20.1. The lowest BCUT2D eigenvalue weighted by molar-refractivity contribution is 0.0528. The second-order valence-corrected chi connectivity index (χ2v) is 8.64. The topological polar surface area (TPSA) is 86.4 Å². The minimum atomic E-state index is -0.672. The summed E-state index contributed by atoms with van der Waals surface area (Å²) in [5, 5.41) is 11.3. The predicted octanol–water partition coefficient (Wildman–Crippen LogP) is 3.99. The van der Waals surface area contributed by atoms with Gasteiger partial charge in [-0.25, -0.2) is 18.4 Å². The van der Waals surface area contributed by atoms with Crippen molar-refractivity contribution in [2.24, 2.45) is 7.05 Å². The van der Waals surface area contributed by atoms with Gasteiger partial charge in [0.05, 0.1) is 52.0 Å². The number of phenolic OH excluding ortho intramolecular Hbond substituents is 1. The molecule has 0 unspecified atom stereocenters. The molecule has 0 radical (unpaired) electrons. The second-order valence-electron chi connectivity index (χ2n) is 7.21. The van der Waals surface area contributed by atoms with E-state index in [0.717, 1.165) is 0 Å². The summed E-state index contributed by atoms with van der Waals surface area (Å²) in [6.45, 7) is 1.98. The van der Waals surface area contributed by atoms with Crippen molar-refractivity contribution in [3.63, 3.8) is 0 Å². The summed E-state index contributed by atoms with van der Waals surface area (Å²) >= 11 is 3.48. The third kappa shape index (κ3) is 4.00. The van der Waals surface area contributed by atoms with E-state index >= 15 is 0 Å². The van der Waals surface area contributed by atoms with E-state index in [2.05, 4.69) is 20.9 Å². The number of benzene rings is 2. The van der Waals surface area contributed by atoms with Gasteiger partial charge in [-0.1, -0.05) is 18.2 Å². The van der Waals surface area contributed by atoms with E-state index in [1.165, 1.54) is 18.2 Å². The van der Waals surface area contributed by atoms with Crippen LogP contribution in [0.15, 0.2) is 53.5 Å². The molecular formula is C23H19BrFN3O4S. The minimum Gasteiger partial charge on any atom is -0.506 e. The molecule has 0 atom stereocenters. The molecule has 2 aromatic carbocycles. The number of esters is 1. The van der Waals surface area contributed by atoms with Crippen molar-refractivity contribution in [1.29, 1.82) is 0 Å². The molecule has 0 saturated carbocycles. The number of aromatic nitrogens is 3. The fraction of sp³-hybridized carbons (Fsp3) is 0.174. The van der Waals surface area contributed by atoms with Crippen LogP contribution in [0.25, 0.3) is 10.9 Å². The predicted molar refractivity (Wildman–Crippen MR) is 127 cm³/mol. The summed E-state index contributed by atoms with van der Waals surface area (Å²) in [7, 11) is 1.68. The number of phenols is 1. The van der Waals surface area contributed by atoms with E-state index in [1.807, 2.05) is 0 Å². The molecule has 0 bridgehead atoms. The van der Waals surface area contributed by atoms with Crippen LogP contribution in [0.5, 0.6) is 5.75 Å². The Hall–Kier alpha value is -3.24. The summed E-state index contributed by atoms with van der Waals surface area (Å²) in [5.74, 6) is -1.31. The fourth-order valence-electron chi connectivity index (χ4n) is 3.87. The highest BCUT2D eigenvalue weighted by Gasteiger charge is 2.30. The average Bonchev–Trinajstić information content (AvgIpc) is 3.40. The number of aromatic hydroxyl groups is 1. The molecule has 4 rings (SSSR count). The van der Waals surface area contributed by atoms with Gasteiger partial charge in [0.1, 0.15) is 16.4 Å². The van der Waals surface area contributed by atoms with Crippen LogP contribution in [0.1, 0.15) is 34.1 Å². The summed E-state index contributed by atoms with van der Waals surface area (Å²) < 4.78 is 36.1. The highest BCUT2D eigenvalue weighted by Crippen LogP contribution is 2.40. The number of halogens is 2. The van der Waals surface area contributed by atoms with Gasteiger partial charge in [-0.2, -0.15) is 0 Å². The highest BCUT2D eigenvalue weighted by atomic mass is 79.9. The fourth-order valence-corrected chi connectivity index (χ4v) is 4.90. The van der Waals surface area contributed by atoms with E-state index in [4.69, 9.17) is 4.74 Å². The molecule has 0 aliphatic heterocycles. The number of hydrogen-bond donors (Lipinski definition) is 1. The smallest absolute Gasteiger partial charge is 0.341 e.